The summed E-state index contributed by atoms with van der Waals surface area (Å²) >= 11 is 9.46. The Balaban J connectivity index is 2.30. The lowest BCUT2D eigenvalue weighted by Gasteiger charge is -2.13. The van der Waals surface area contributed by atoms with Crippen LogP contribution in [0.2, 0.25) is 5.02 Å². The Hall–Kier alpha value is -1.47. The van der Waals surface area contributed by atoms with Gasteiger partial charge in [-0.1, -0.05) is 40.9 Å². The normalized spacial score (nSPS) is 12.3. The van der Waals surface area contributed by atoms with E-state index in [2.05, 4.69) is 31.5 Å². The summed E-state index contributed by atoms with van der Waals surface area (Å²) in [5, 5.41) is 21.2. The van der Waals surface area contributed by atoms with Crippen molar-refractivity contribution in [3.05, 3.63) is 27.7 Å². The summed E-state index contributed by atoms with van der Waals surface area (Å²) in [7, 11) is 0. The van der Waals surface area contributed by atoms with Crippen molar-refractivity contribution in [3.63, 3.8) is 0 Å². The number of carboxylic acid groups (broad SMARTS) is 1. The predicted octanol–water partition coefficient (Wildman–Crippen LogP) is 3.26. The molecule has 1 unspecified atom stereocenters. The molecule has 1 N–H and O–H groups in total. The Labute approximate surface area is 135 Å². The standard InChI is InChI=1S/C13H14BrClN4O2/c1-2-8(5-12(20)21)7-19-13(16-17-18-19)10-6-9(15)3-4-11(10)14/h3-4,6,8H,2,5,7H2,1H3,(H,20,21). The first kappa shape index (κ1) is 15.9. The van der Waals surface area contributed by atoms with Gasteiger partial charge in [0.2, 0.25) is 0 Å². The van der Waals surface area contributed by atoms with Gasteiger partial charge in [-0.15, -0.1) is 5.10 Å². The molecule has 0 radical (unpaired) electrons. The highest BCUT2D eigenvalue weighted by Gasteiger charge is 2.18. The molecule has 0 aliphatic rings. The fraction of sp³-hybridized carbons (Fsp3) is 0.385. The van der Waals surface area contributed by atoms with Gasteiger partial charge in [-0.3, -0.25) is 4.79 Å². The highest BCUT2D eigenvalue weighted by molar-refractivity contribution is 9.10. The van der Waals surface area contributed by atoms with Crippen LogP contribution in [0.3, 0.4) is 0 Å². The van der Waals surface area contributed by atoms with Gasteiger partial charge in [-0.2, -0.15) is 0 Å². The van der Waals surface area contributed by atoms with Crippen LogP contribution in [0, 0.1) is 5.92 Å². The maximum atomic E-state index is 10.9. The number of carbonyl (C=O) groups is 1. The van der Waals surface area contributed by atoms with E-state index in [9.17, 15) is 4.79 Å². The average Bonchev–Trinajstić information content (AvgIpc) is 2.88. The zero-order valence-corrected chi connectivity index (χ0v) is 13.7. The molecule has 1 heterocycles. The number of hydrogen-bond acceptors (Lipinski definition) is 4. The molecule has 21 heavy (non-hydrogen) atoms. The molecule has 8 heteroatoms. The van der Waals surface area contributed by atoms with Gasteiger partial charge in [0.25, 0.3) is 0 Å². The zero-order chi connectivity index (χ0) is 15.4. The molecule has 6 nitrogen and oxygen atoms in total. The molecule has 0 aliphatic heterocycles. The second-order valence-electron chi connectivity index (χ2n) is 4.68. The molecule has 0 amide bonds. The Morgan fingerprint density at radius 1 is 1.52 bits per heavy atom. The topological polar surface area (TPSA) is 80.9 Å². The Bertz CT molecular complexity index is 647. The fourth-order valence-corrected chi connectivity index (χ4v) is 2.61. The first-order valence-corrected chi connectivity index (χ1v) is 7.61. The second-order valence-corrected chi connectivity index (χ2v) is 5.97. The molecule has 0 bridgehead atoms. The third-order valence-corrected chi connectivity index (χ3v) is 4.10. The minimum atomic E-state index is -0.819. The second kappa shape index (κ2) is 7.00. The van der Waals surface area contributed by atoms with Crippen molar-refractivity contribution >= 4 is 33.5 Å². The molecule has 0 aliphatic carbocycles. The number of rotatable bonds is 6. The predicted molar refractivity (Wildman–Crippen MR) is 82.0 cm³/mol. The van der Waals surface area contributed by atoms with E-state index in [1.165, 1.54) is 0 Å². The quantitative estimate of drug-likeness (QED) is 0.840. The van der Waals surface area contributed by atoms with Crippen LogP contribution in [0.25, 0.3) is 11.4 Å². The van der Waals surface area contributed by atoms with Crippen LogP contribution in [0.5, 0.6) is 0 Å². The Kier molecular flexibility index (Phi) is 5.30. The zero-order valence-electron chi connectivity index (χ0n) is 11.3. The van der Waals surface area contributed by atoms with Crippen molar-refractivity contribution in [1.29, 1.82) is 0 Å². The van der Waals surface area contributed by atoms with Crippen LogP contribution in [0.4, 0.5) is 0 Å². The number of hydrogen-bond donors (Lipinski definition) is 1. The fourth-order valence-electron chi connectivity index (χ4n) is 2.02. The van der Waals surface area contributed by atoms with E-state index in [4.69, 9.17) is 16.7 Å². The van der Waals surface area contributed by atoms with Crippen molar-refractivity contribution in [1.82, 2.24) is 20.2 Å². The van der Waals surface area contributed by atoms with Gasteiger partial charge in [-0.25, -0.2) is 4.68 Å². The molecular formula is C13H14BrClN4O2. The molecule has 112 valence electrons. The number of tetrazole rings is 1. The number of carboxylic acids is 1. The minimum Gasteiger partial charge on any atom is -0.481 e. The van der Waals surface area contributed by atoms with Gasteiger partial charge >= 0.3 is 5.97 Å². The minimum absolute atomic E-state index is 0.0253. The molecule has 1 aromatic carbocycles. The van der Waals surface area contributed by atoms with Gasteiger partial charge in [0.05, 0.1) is 0 Å². The van der Waals surface area contributed by atoms with E-state index in [0.717, 1.165) is 16.5 Å². The van der Waals surface area contributed by atoms with Crippen LogP contribution in [-0.4, -0.2) is 31.3 Å². The van der Waals surface area contributed by atoms with Crippen LogP contribution < -0.4 is 0 Å². The van der Waals surface area contributed by atoms with E-state index in [1.807, 2.05) is 13.0 Å². The molecule has 2 aromatic rings. The van der Waals surface area contributed by atoms with Crippen molar-refractivity contribution in [2.75, 3.05) is 0 Å². The molecular weight excluding hydrogens is 360 g/mol. The molecule has 0 fully saturated rings. The highest BCUT2D eigenvalue weighted by atomic mass is 79.9. The van der Waals surface area contributed by atoms with Gasteiger partial charge < -0.3 is 5.11 Å². The van der Waals surface area contributed by atoms with Gasteiger partial charge in [-0.05, 0) is 34.5 Å². The average molecular weight is 374 g/mol. The Morgan fingerprint density at radius 3 is 2.95 bits per heavy atom. The summed E-state index contributed by atoms with van der Waals surface area (Å²) in [5.41, 5.74) is 0.776. The number of aromatic nitrogens is 4. The molecule has 0 spiro atoms. The third-order valence-electron chi connectivity index (χ3n) is 3.17. The largest absolute Gasteiger partial charge is 0.481 e. The number of halogens is 2. The first-order chi connectivity index (χ1) is 10.0. The Morgan fingerprint density at radius 2 is 2.29 bits per heavy atom. The van der Waals surface area contributed by atoms with Gasteiger partial charge in [0, 0.05) is 28.0 Å². The van der Waals surface area contributed by atoms with Crippen LogP contribution in [0.1, 0.15) is 19.8 Å². The molecule has 0 saturated carbocycles. The molecule has 1 atom stereocenters. The van der Waals surface area contributed by atoms with Crippen LogP contribution in [0.15, 0.2) is 22.7 Å². The van der Waals surface area contributed by atoms with E-state index < -0.39 is 5.97 Å². The summed E-state index contributed by atoms with van der Waals surface area (Å²) in [6.07, 6.45) is 0.828. The lowest BCUT2D eigenvalue weighted by atomic mass is 10.0. The van der Waals surface area contributed by atoms with Crippen molar-refractivity contribution in [2.24, 2.45) is 5.92 Å². The number of benzene rings is 1. The van der Waals surface area contributed by atoms with Crippen molar-refractivity contribution < 1.29 is 9.90 Å². The maximum absolute atomic E-state index is 10.9. The number of nitrogens with zero attached hydrogens (tertiary/aromatic N) is 4. The van der Waals surface area contributed by atoms with Crippen molar-refractivity contribution in [3.8, 4) is 11.4 Å². The molecule has 1 aromatic heterocycles. The summed E-state index contributed by atoms with van der Waals surface area (Å²) in [4.78, 5) is 10.9. The lowest BCUT2D eigenvalue weighted by molar-refractivity contribution is -0.138. The van der Waals surface area contributed by atoms with E-state index in [-0.39, 0.29) is 12.3 Å². The van der Waals surface area contributed by atoms with E-state index in [1.54, 1.807) is 16.8 Å². The summed E-state index contributed by atoms with van der Waals surface area (Å²) in [6.45, 7) is 2.40. The smallest absolute Gasteiger partial charge is 0.303 e. The highest BCUT2D eigenvalue weighted by Crippen LogP contribution is 2.29. The maximum Gasteiger partial charge on any atom is 0.303 e. The molecule has 2 rings (SSSR count). The summed E-state index contributed by atoms with van der Waals surface area (Å²) in [6, 6.07) is 5.36. The van der Waals surface area contributed by atoms with E-state index >= 15 is 0 Å². The van der Waals surface area contributed by atoms with Crippen LogP contribution >= 0.6 is 27.5 Å². The van der Waals surface area contributed by atoms with E-state index in [0.29, 0.717) is 17.4 Å². The molecule has 0 saturated heterocycles. The lowest BCUT2D eigenvalue weighted by Crippen LogP contribution is -2.16. The SMILES string of the molecule is CCC(CC(=O)O)Cn1nnnc1-c1cc(Cl)ccc1Br. The monoisotopic (exact) mass is 372 g/mol. The van der Waals surface area contributed by atoms with Crippen molar-refractivity contribution in [2.45, 2.75) is 26.3 Å². The number of aliphatic carboxylic acids is 1. The summed E-state index contributed by atoms with van der Waals surface area (Å²) in [5.74, 6) is -0.281. The van der Waals surface area contributed by atoms with Gasteiger partial charge in [0.1, 0.15) is 0 Å². The van der Waals surface area contributed by atoms with Crippen LogP contribution in [-0.2, 0) is 11.3 Å². The van der Waals surface area contributed by atoms with Gasteiger partial charge in [0.15, 0.2) is 5.82 Å². The summed E-state index contributed by atoms with van der Waals surface area (Å²) < 4.78 is 2.45. The first-order valence-electron chi connectivity index (χ1n) is 6.44. The third kappa shape index (κ3) is 4.01.